The lowest BCUT2D eigenvalue weighted by Crippen LogP contribution is -2.68. The monoisotopic (exact) mass is 472 g/mol. The first kappa shape index (κ1) is 19.9. The Morgan fingerprint density at radius 3 is 1.35 bits per heavy atom. The van der Waals surface area contributed by atoms with Gasteiger partial charge < -0.3 is 28.4 Å². The normalized spacial score (nSPS) is 59.0. The molecule has 0 aromatic heterocycles. The van der Waals surface area contributed by atoms with Gasteiger partial charge in [0.25, 0.3) is 0 Å². The van der Waals surface area contributed by atoms with Crippen molar-refractivity contribution in [1.29, 1.82) is 0 Å². The van der Waals surface area contributed by atoms with Gasteiger partial charge in [-0.3, -0.25) is 9.59 Å². The molecule has 8 aliphatic carbocycles. The van der Waals surface area contributed by atoms with E-state index in [0.717, 1.165) is 25.7 Å². The topological polar surface area (TPSA) is 89.5 Å². The Hall–Kier alpha value is -1.22. The second-order valence-electron chi connectivity index (χ2n) is 12.5. The van der Waals surface area contributed by atoms with Gasteiger partial charge in [0.05, 0.1) is 51.5 Å². The first-order chi connectivity index (χ1) is 16.5. The maximum atomic E-state index is 14.2. The fraction of sp³-hybridized carbons (Fsp3) is 0.923. The van der Waals surface area contributed by atoms with Crippen molar-refractivity contribution in [3.8, 4) is 0 Å². The number of esters is 2. The van der Waals surface area contributed by atoms with Crippen molar-refractivity contribution in [2.75, 3.05) is 40.6 Å². The largest absolute Gasteiger partial charge is 0.469 e. The number of fused-ring (bicyclic) bond motifs is 4. The molecule has 34 heavy (non-hydrogen) atoms. The summed E-state index contributed by atoms with van der Waals surface area (Å²) >= 11 is 0. The summed E-state index contributed by atoms with van der Waals surface area (Å²) in [4.78, 5) is 28.3. The van der Waals surface area contributed by atoms with Crippen LogP contribution in [0.1, 0.15) is 25.7 Å². The van der Waals surface area contributed by atoms with E-state index < -0.39 is 22.4 Å². The zero-order chi connectivity index (χ0) is 22.8. The molecule has 2 spiro atoms. The Morgan fingerprint density at radius 1 is 0.618 bits per heavy atom. The highest BCUT2D eigenvalue weighted by Gasteiger charge is 3.03. The maximum absolute atomic E-state index is 14.2. The van der Waals surface area contributed by atoms with Gasteiger partial charge in [0, 0.05) is 24.7 Å². The van der Waals surface area contributed by atoms with Gasteiger partial charge in [-0.05, 0) is 60.2 Å². The summed E-state index contributed by atoms with van der Waals surface area (Å²) in [5, 5.41) is 0. The minimum absolute atomic E-state index is 0.0591. The predicted molar refractivity (Wildman–Crippen MR) is 112 cm³/mol. The fourth-order valence-corrected chi connectivity index (χ4v) is 13.3. The van der Waals surface area contributed by atoms with Crippen molar-refractivity contribution in [2.45, 2.75) is 37.3 Å². The van der Waals surface area contributed by atoms with E-state index in [1.807, 2.05) is 0 Å². The van der Waals surface area contributed by atoms with Gasteiger partial charge in [0.1, 0.15) is 0 Å². The Bertz CT molecular complexity index is 934. The number of ether oxygens (including phenoxy) is 6. The van der Waals surface area contributed by atoms with E-state index in [1.165, 1.54) is 14.2 Å². The van der Waals surface area contributed by atoms with E-state index in [9.17, 15) is 9.59 Å². The second-order valence-corrected chi connectivity index (χ2v) is 12.5. The smallest absolute Gasteiger partial charge is 0.313 e. The third kappa shape index (κ3) is 1.53. The van der Waals surface area contributed by atoms with Crippen LogP contribution in [0.2, 0.25) is 0 Å². The molecule has 8 nitrogen and oxygen atoms in total. The molecular weight excluding hydrogens is 440 g/mol. The van der Waals surface area contributed by atoms with Crippen LogP contribution >= 0.6 is 0 Å². The molecule has 0 unspecified atom stereocenters. The first-order valence-corrected chi connectivity index (χ1v) is 13.3. The van der Waals surface area contributed by atoms with E-state index in [1.54, 1.807) is 0 Å². The van der Waals surface area contributed by atoms with E-state index in [0.29, 0.717) is 50.1 Å². The molecule has 2 aliphatic heterocycles. The molecular formula is C26H32O8. The molecule has 0 aromatic rings. The van der Waals surface area contributed by atoms with E-state index >= 15 is 0 Å². The molecule has 0 amide bonds. The van der Waals surface area contributed by atoms with Crippen LogP contribution in [0.15, 0.2) is 0 Å². The Morgan fingerprint density at radius 2 is 1.00 bits per heavy atom. The van der Waals surface area contributed by atoms with Crippen molar-refractivity contribution in [2.24, 2.45) is 70.0 Å². The molecule has 8 bridgehead atoms. The summed E-state index contributed by atoms with van der Waals surface area (Å²) in [7, 11) is 2.99. The van der Waals surface area contributed by atoms with Crippen molar-refractivity contribution in [3.05, 3.63) is 0 Å². The molecule has 0 N–H and O–H groups in total. The third-order valence-corrected chi connectivity index (χ3v) is 12.8. The summed E-state index contributed by atoms with van der Waals surface area (Å²) in [5.74, 6) is 0.347. The highest BCUT2D eigenvalue weighted by Crippen LogP contribution is 2.98. The number of hydrogen-bond acceptors (Lipinski definition) is 8. The molecule has 12 atom stereocenters. The van der Waals surface area contributed by atoms with Crippen LogP contribution in [0.4, 0.5) is 0 Å². The van der Waals surface area contributed by atoms with Crippen LogP contribution in [0.25, 0.3) is 0 Å². The van der Waals surface area contributed by atoms with Crippen LogP contribution < -0.4 is 0 Å². The summed E-state index contributed by atoms with van der Waals surface area (Å²) in [6.45, 7) is 2.43. The lowest BCUT2D eigenvalue weighted by molar-refractivity contribution is -0.258. The summed E-state index contributed by atoms with van der Waals surface area (Å²) in [6.07, 6.45) is 3.66. The van der Waals surface area contributed by atoms with Gasteiger partial charge in [-0.1, -0.05) is 0 Å². The minimum Gasteiger partial charge on any atom is -0.469 e. The maximum Gasteiger partial charge on any atom is 0.313 e. The van der Waals surface area contributed by atoms with Gasteiger partial charge in [-0.15, -0.1) is 0 Å². The minimum atomic E-state index is -0.849. The molecule has 0 radical (unpaired) electrons. The third-order valence-electron chi connectivity index (χ3n) is 12.8. The summed E-state index contributed by atoms with van der Waals surface area (Å²) in [5.41, 5.74) is -1.70. The summed E-state index contributed by atoms with van der Waals surface area (Å²) < 4.78 is 36.6. The number of carbonyl (C=O) groups is 2. The van der Waals surface area contributed by atoms with Crippen LogP contribution in [0.5, 0.6) is 0 Å². The number of carbonyl (C=O) groups excluding carboxylic acids is 2. The molecule has 8 heteroatoms. The van der Waals surface area contributed by atoms with Crippen molar-refractivity contribution >= 4 is 11.9 Å². The van der Waals surface area contributed by atoms with Crippen LogP contribution in [0, 0.1) is 70.0 Å². The highest BCUT2D eigenvalue weighted by molar-refractivity contribution is 5.94. The quantitative estimate of drug-likeness (QED) is 0.560. The zero-order valence-corrected chi connectivity index (χ0v) is 19.7. The Labute approximate surface area is 198 Å². The number of methoxy groups -OCH3 is 2. The van der Waals surface area contributed by atoms with E-state index in [-0.39, 0.29) is 47.4 Å². The molecule has 10 aliphatic rings. The second kappa shape index (κ2) is 5.68. The highest BCUT2D eigenvalue weighted by atomic mass is 16.7. The van der Waals surface area contributed by atoms with Crippen LogP contribution in [-0.2, 0) is 38.0 Å². The van der Waals surface area contributed by atoms with Crippen molar-refractivity contribution in [3.63, 3.8) is 0 Å². The molecule has 184 valence electrons. The molecule has 8 saturated carbocycles. The van der Waals surface area contributed by atoms with Gasteiger partial charge in [-0.25, -0.2) is 0 Å². The average Bonchev–Trinajstić information content (AvgIpc) is 3.69. The molecule has 10 fully saturated rings. The lowest BCUT2D eigenvalue weighted by Gasteiger charge is -2.59. The molecule has 2 heterocycles. The van der Waals surface area contributed by atoms with Crippen molar-refractivity contribution < 1.29 is 38.0 Å². The van der Waals surface area contributed by atoms with Crippen LogP contribution in [0.3, 0.4) is 0 Å². The fourth-order valence-electron chi connectivity index (χ4n) is 13.3. The van der Waals surface area contributed by atoms with Gasteiger partial charge >= 0.3 is 11.9 Å². The Balaban J connectivity index is 1.29. The SMILES string of the molecule is COC(=O)[C@@]12[C@@H]3[C@@H]4CCC5(OCCO5)[C@@H]4[C@@H]4[C@H]3[C@@H]3[C@@H]1[C@@H]1[C@@H](CCC15OCCO5)[C@@H]3[C@]42C(=O)OC. The van der Waals surface area contributed by atoms with E-state index in [2.05, 4.69) is 0 Å². The molecule has 2 saturated heterocycles. The average molecular weight is 473 g/mol. The number of hydrogen-bond donors (Lipinski definition) is 0. The molecule has 0 aromatic carbocycles. The van der Waals surface area contributed by atoms with E-state index in [4.69, 9.17) is 28.4 Å². The van der Waals surface area contributed by atoms with Crippen molar-refractivity contribution in [1.82, 2.24) is 0 Å². The van der Waals surface area contributed by atoms with Gasteiger partial charge in [-0.2, -0.15) is 0 Å². The summed E-state index contributed by atoms with van der Waals surface area (Å²) in [6, 6.07) is 0. The standard InChI is InChI=1S/C26H32O8/c1-29-21(27)25-15-11-3-5-24(33-9-10-34-24)18(11)20-13(15)14-16(26(20,25)22(28)30-2)12-4-6-23(17(12)19(14)25)31-7-8-32-23/h11-20H,3-10H2,1-2H3/t11-,12-,13-,14-,15-,16+,17-,18-,19-,20+,25+,26+/m0/s1. The first-order valence-electron chi connectivity index (χ1n) is 13.3. The zero-order valence-electron chi connectivity index (χ0n) is 19.7. The van der Waals surface area contributed by atoms with Gasteiger partial charge in [0.2, 0.25) is 0 Å². The lowest BCUT2D eigenvalue weighted by atomic mass is 9.43. The Kier molecular flexibility index (Phi) is 3.33. The predicted octanol–water partition coefficient (Wildman–Crippen LogP) is 1.61. The van der Waals surface area contributed by atoms with Crippen LogP contribution in [-0.4, -0.2) is 64.2 Å². The van der Waals surface area contributed by atoms with Gasteiger partial charge in [0.15, 0.2) is 11.6 Å². The number of rotatable bonds is 2. The molecule has 10 rings (SSSR count).